The van der Waals surface area contributed by atoms with Crippen LogP contribution in [0.2, 0.25) is 0 Å². The van der Waals surface area contributed by atoms with Crippen molar-refractivity contribution in [1.29, 1.82) is 0 Å². The van der Waals surface area contributed by atoms with E-state index in [4.69, 9.17) is 0 Å². The number of guanidine groups is 1. The minimum atomic E-state index is -4.17. The Bertz CT molecular complexity index is 472. The van der Waals surface area contributed by atoms with Crippen LogP contribution in [-0.4, -0.2) is 55.2 Å². The number of rotatable bonds is 7. The van der Waals surface area contributed by atoms with E-state index in [9.17, 15) is 13.2 Å². The molecule has 0 aliphatic carbocycles. The summed E-state index contributed by atoms with van der Waals surface area (Å²) in [5.41, 5.74) is 0. The highest BCUT2D eigenvalue weighted by Gasteiger charge is 2.28. The van der Waals surface area contributed by atoms with E-state index in [1.165, 1.54) is 11.9 Å². The van der Waals surface area contributed by atoms with E-state index in [0.29, 0.717) is 25.6 Å². The Kier molecular flexibility index (Phi) is 7.60. The summed E-state index contributed by atoms with van der Waals surface area (Å²) in [6, 6.07) is 0. The number of hydrogen-bond acceptors (Lipinski definition) is 4. The topological polar surface area (TPSA) is 52.6 Å². The van der Waals surface area contributed by atoms with Gasteiger partial charge in [0.05, 0.1) is 13.1 Å². The van der Waals surface area contributed by atoms with Crippen LogP contribution in [0, 0.1) is 6.92 Å². The summed E-state index contributed by atoms with van der Waals surface area (Å²) in [6.45, 7) is 4.79. The molecule has 0 radical (unpaired) electrons. The second-order valence-electron chi connectivity index (χ2n) is 4.84. The first-order valence-electron chi connectivity index (χ1n) is 6.99. The number of aryl methyl sites for hydroxylation is 1. The number of nitrogens with one attached hydrogen (secondary N) is 2. The lowest BCUT2D eigenvalue weighted by atomic mass is 10.5. The highest BCUT2D eigenvalue weighted by Crippen LogP contribution is 2.15. The first-order valence-corrected chi connectivity index (χ1v) is 7.80. The molecule has 126 valence electrons. The molecular weight excluding hydrogens is 315 g/mol. The molecule has 1 aromatic heterocycles. The third-order valence-corrected chi connectivity index (χ3v) is 3.52. The Morgan fingerprint density at radius 1 is 1.41 bits per heavy atom. The molecule has 0 aliphatic heterocycles. The molecule has 1 aromatic rings. The number of aliphatic imine (C=N–C) groups is 1. The zero-order valence-electron chi connectivity index (χ0n) is 13.0. The number of alkyl halides is 3. The zero-order valence-corrected chi connectivity index (χ0v) is 13.8. The van der Waals surface area contributed by atoms with Gasteiger partial charge in [-0.2, -0.15) is 13.2 Å². The van der Waals surface area contributed by atoms with Gasteiger partial charge < -0.3 is 10.6 Å². The molecule has 0 aliphatic rings. The van der Waals surface area contributed by atoms with Crippen LogP contribution < -0.4 is 10.6 Å². The number of aromatic nitrogens is 1. The van der Waals surface area contributed by atoms with Gasteiger partial charge in [-0.05, 0) is 20.9 Å². The summed E-state index contributed by atoms with van der Waals surface area (Å²) < 4.78 is 36.7. The fourth-order valence-electron chi connectivity index (χ4n) is 1.71. The molecule has 22 heavy (non-hydrogen) atoms. The first-order chi connectivity index (χ1) is 10.3. The fourth-order valence-corrected chi connectivity index (χ4v) is 2.42. The molecule has 0 atom stereocenters. The molecule has 0 amide bonds. The maximum absolute atomic E-state index is 12.2. The summed E-state index contributed by atoms with van der Waals surface area (Å²) in [5, 5.41) is 6.98. The smallest absolute Gasteiger partial charge is 0.357 e. The second kappa shape index (κ2) is 8.94. The Morgan fingerprint density at radius 2 is 2.14 bits per heavy atom. The maximum Gasteiger partial charge on any atom is 0.401 e. The Balaban J connectivity index is 2.40. The van der Waals surface area contributed by atoms with Gasteiger partial charge in [-0.15, -0.1) is 11.3 Å². The lowest BCUT2D eigenvalue weighted by Crippen LogP contribution is -2.42. The lowest BCUT2D eigenvalue weighted by molar-refractivity contribution is -0.142. The monoisotopic (exact) mass is 337 g/mol. The van der Waals surface area contributed by atoms with Crippen molar-refractivity contribution in [2.24, 2.45) is 4.99 Å². The van der Waals surface area contributed by atoms with E-state index in [2.05, 4.69) is 20.6 Å². The molecular formula is C13H22F3N5S. The number of nitrogens with zero attached hydrogens (tertiary/aromatic N) is 3. The Hall–Kier alpha value is -1.35. The molecule has 0 spiro atoms. The summed E-state index contributed by atoms with van der Waals surface area (Å²) in [5.74, 6) is 0.579. The van der Waals surface area contributed by atoms with E-state index in [1.807, 2.05) is 13.8 Å². The minimum absolute atomic E-state index is 0.278. The maximum atomic E-state index is 12.2. The molecule has 0 fully saturated rings. The summed E-state index contributed by atoms with van der Waals surface area (Å²) in [7, 11) is 1.44. The van der Waals surface area contributed by atoms with Crippen LogP contribution in [0.1, 0.15) is 16.8 Å². The number of halogens is 3. The summed E-state index contributed by atoms with van der Waals surface area (Å²) in [6.07, 6.45) is -2.38. The fraction of sp³-hybridized carbons (Fsp3) is 0.692. The van der Waals surface area contributed by atoms with Crippen LogP contribution in [0.25, 0.3) is 0 Å². The SMILES string of the molecule is CCNC(=NCc1ncc(C)s1)NCCN(C)CC(F)(F)F. The van der Waals surface area contributed by atoms with Gasteiger partial charge in [-0.1, -0.05) is 0 Å². The largest absolute Gasteiger partial charge is 0.401 e. The van der Waals surface area contributed by atoms with Crippen molar-refractivity contribution in [3.8, 4) is 0 Å². The van der Waals surface area contributed by atoms with Crippen molar-refractivity contribution >= 4 is 17.3 Å². The molecule has 0 saturated heterocycles. The van der Waals surface area contributed by atoms with Gasteiger partial charge >= 0.3 is 6.18 Å². The highest BCUT2D eigenvalue weighted by atomic mass is 32.1. The molecule has 2 N–H and O–H groups in total. The van der Waals surface area contributed by atoms with Crippen LogP contribution in [0.4, 0.5) is 13.2 Å². The van der Waals surface area contributed by atoms with Crippen molar-refractivity contribution in [2.45, 2.75) is 26.6 Å². The average Bonchev–Trinajstić information content (AvgIpc) is 2.79. The molecule has 0 aromatic carbocycles. The molecule has 1 rings (SSSR count). The number of likely N-dealkylation sites (N-methyl/N-ethyl adjacent to an activating group) is 1. The van der Waals surface area contributed by atoms with Gasteiger partial charge in [-0.3, -0.25) is 4.90 Å². The number of thiazole rings is 1. The van der Waals surface area contributed by atoms with Crippen LogP contribution in [-0.2, 0) is 6.54 Å². The Morgan fingerprint density at radius 3 is 2.68 bits per heavy atom. The molecule has 5 nitrogen and oxygen atoms in total. The van der Waals surface area contributed by atoms with Gasteiger partial charge in [0.25, 0.3) is 0 Å². The van der Waals surface area contributed by atoms with Crippen molar-refractivity contribution < 1.29 is 13.2 Å². The molecule has 9 heteroatoms. The lowest BCUT2D eigenvalue weighted by Gasteiger charge is -2.19. The van der Waals surface area contributed by atoms with Crippen molar-refractivity contribution in [1.82, 2.24) is 20.5 Å². The van der Waals surface area contributed by atoms with Gasteiger partial charge in [0.2, 0.25) is 0 Å². The number of hydrogen-bond donors (Lipinski definition) is 2. The van der Waals surface area contributed by atoms with Crippen LogP contribution >= 0.6 is 11.3 Å². The molecule has 0 bridgehead atoms. The predicted molar refractivity (Wildman–Crippen MR) is 83.2 cm³/mol. The van der Waals surface area contributed by atoms with Gasteiger partial charge in [0.1, 0.15) is 5.01 Å². The van der Waals surface area contributed by atoms with E-state index < -0.39 is 12.7 Å². The van der Waals surface area contributed by atoms with Crippen molar-refractivity contribution in [3.05, 3.63) is 16.1 Å². The quantitative estimate of drug-likeness (QED) is 0.590. The third-order valence-electron chi connectivity index (χ3n) is 2.62. The second-order valence-corrected chi connectivity index (χ2v) is 6.16. The average molecular weight is 337 g/mol. The van der Waals surface area contributed by atoms with Crippen LogP contribution in [0.15, 0.2) is 11.2 Å². The standard InChI is InChI=1S/C13H22F3N5S/c1-4-17-12(20-8-11-19-7-10(2)22-11)18-5-6-21(3)9-13(14,15)16/h7H,4-6,8-9H2,1-3H3,(H2,17,18,20). The van der Waals surface area contributed by atoms with E-state index in [1.54, 1.807) is 17.5 Å². The third kappa shape index (κ3) is 8.18. The highest BCUT2D eigenvalue weighted by molar-refractivity contribution is 7.11. The molecule has 0 saturated carbocycles. The van der Waals surface area contributed by atoms with Gasteiger partial charge in [-0.25, -0.2) is 9.98 Å². The van der Waals surface area contributed by atoms with E-state index in [0.717, 1.165) is 9.88 Å². The minimum Gasteiger partial charge on any atom is -0.357 e. The molecule has 0 unspecified atom stereocenters. The van der Waals surface area contributed by atoms with Gasteiger partial charge in [0.15, 0.2) is 5.96 Å². The normalized spacial score (nSPS) is 12.8. The van der Waals surface area contributed by atoms with Crippen LogP contribution in [0.5, 0.6) is 0 Å². The summed E-state index contributed by atoms with van der Waals surface area (Å²) >= 11 is 1.58. The van der Waals surface area contributed by atoms with Crippen LogP contribution in [0.3, 0.4) is 0 Å². The zero-order chi connectivity index (χ0) is 16.6. The van der Waals surface area contributed by atoms with Crippen molar-refractivity contribution in [3.63, 3.8) is 0 Å². The van der Waals surface area contributed by atoms with Gasteiger partial charge in [0, 0.05) is 30.7 Å². The van der Waals surface area contributed by atoms with E-state index in [-0.39, 0.29) is 6.54 Å². The van der Waals surface area contributed by atoms with E-state index >= 15 is 0 Å². The molecule has 1 heterocycles. The summed E-state index contributed by atoms with van der Waals surface area (Å²) in [4.78, 5) is 10.9. The predicted octanol–water partition coefficient (Wildman–Crippen LogP) is 2.00. The Labute approximate surface area is 132 Å². The first kappa shape index (κ1) is 18.7. The van der Waals surface area contributed by atoms with Crippen molar-refractivity contribution in [2.75, 3.05) is 33.2 Å².